The molecule has 0 spiro atoms. The number of halogens is 1. The maximum absolute atomic E-state index is 13.5. The maximum Gasteiger partial charge on any atom is 0.128 e. The molecule has 1 atom stereocenters. The first-order valence-corrected chi connectivity index (χ1v) is 6.90. The summed E-state index contributed by atoms with van der Waals surface area (Å²) in [6.07, 6.45) is 0. The lowest BCUT2D eigenvalue weighted by molar-refractivity contribution is 0.0970. The van der Waals surface area contributed by atoms with Crippen LogP contribution in [0.2, 0.25) is 0 Å². The van der Waals surface area contributed by atoms with Gasteiger partial charge >= 0.3 is 0 Å². The van der Waals surface area contributed by atoms with Crippen LogP contribution in [0.3, 0.4) is 0 Å². The van der Waals surface area contributed by atoms with E-state index < -0.39 is 0 Å². The highest BCUT2D eigenvalue weighted by molar-refractivity contribution is 5.19. The summed E-state index contributed by atoms with van der Waals surface area (Å²) >= 11 is 0. The van der Waals surface area contributed by atoms with Crippen molar-refractivity contribution in [2.45, 2.75) is 19.6 Å². The van der Waals surface area contributed by atoms with Gasteiger partial charge in [-0.1, -0.05) is 55.5 Å². The van der Waals surface area contributed by atoms with Crippen LogP contribution in [0.4, 0.5) is 4.39 Å². The normalized spacial score (nSPS) is 12.3. The van der Waals surface area contributed by atoms with Crippen LogP contribution in [0.25, 0.3) is 0 Å². The zero-order valence-electron chi connectivity index (χ0n) is 11.7. The smallest absolute Gasteiger partial charge is 0.128 e. The van der Waals surface area contributed by atoms with Crippen LogP contribution < -0.4 is 5.32 Å². The molecule has 0 amide bonds. The fourth-order valence-electron chi connectivity index (χ4n) is 2.11. The largest absolute Gasteiger partial charge is 0.375 e. The highest BCUT2D eigenvalue weighted by Crippen LogP contribution is 2.14. The molecule has 0 aliphatic carbocycles. The number of nitrogens with one attached hydrogen (secondary N) is 1. The Morgan fingerprint density at radius 1 is 1.05 bits per heavy atom. The first kappa shape index (κ1) is 14.7. The molecule has 2 aromatic rings. The summed E-state index contributed by atoms with van der Waals surface area (Å²) in [6.45, 7) is 3.74. The summed E-state index contributed by atoms with van der Waals surface area (Å²) in [7, 11) is 0. The van der Waals surface area contributed by atoms with E-state index in [0.717, 1.165) is 6.54 Å². The molecule has 2 aromatic carbocycles. The van der Waals surface area contributed by atoms with Crippen molar-refractivity contribution in [1.29, 1.82) is 0 Å². The monoisotopic (exact) mass is 273 g/mol. The molecule has 0 saturated heterocycles. The third kappa shape index (κ3) is 4.15. The van der Waals surface area contributed by atoms with Gasteiger partial charge in [0.25, 0.3) is 0 Å². The van der Waals surface area contributed by atoms with E-state index in [9.17, 15) is 4.39 Å². The van der Waals surface area contributed by atoms with E-state index in [4.69, 9.17) is 4.74 Å². The van der Waals surface area contributed by atoms with Crippen molar-refractivity contribution in [3.8, 4) is 0 Å². The minimum atomic E-state index is -0.216. The summed E-state index contributed by atoms with van der Waals surface area (Å²) in [4.78, 5) is 0. The minimum Gasteiger partial charge on any atom is -0.375 e. The van der Waals surface area contributed by atoms with Gasteiger partial charge in [0.2, 0.25) is 0 Å². The first-order chi connectivity index (χ1) is 9.81. The van der Waals surface area contributed by atoms with Gasteiger partial charge in [-0.3, -0.25) is 0 Å². The molecule has 0 bridgehead atoms. The van der Waals surface area contributed by atoms with E-state index in [0.29, 0.717) is 18.8 Å². The second-order valence-corrected chi connectivity index (χ2v) is 4.63. The fraction of sp³-hybridized carbons (Fsp3) is 0.294. The molecule has 0 aliphatic heterocycles. The Hall–Kier alpha value is -1.71. The number of ether oxygens (including phenoxy) is 1. The van der Waals surface area contributed by atoms with Crippen molar-refractivity contribution in [3.63, 3.8) is 0 Å². The molecule has 0 aliphatic rings. The van der Waals surface area contributed by atoms with Crippen molar-refractivity contribution in [1.82, 2.24) is 5.32 Å². The van der Waals surface area contributed by atoms with Gasteiger partial charge in [-0.15, -0.1) is 0 Å². The lowest BCUT2D eigenvalue weighted by atomic mass is 10.1. The van der Waals surface area contributed by atoms with Crippen molar-refractivity contribution in [2.75, 3.05) is 13.2 Å². The minimum absolute atomic E-state index is 0.132. The highest BCUT2D eigenvalue weighted by Gasteiger charge is 2.10. The van der Waals surface area contributed by atoms with Crippen LogP contribution in [0.5, 0.6) is 0 Å². The van der Waals surface area contributed by atoms with Crippen LogP contribution in [-0.2, 0) is 11.3 Å². The standard InChI is InChI=1S/C17H20FNO/c1-2-19-17(14-8-4-3-5-9-14)13-20-12-15-10-6-7-11-16(15)18/h3-11,17,19H,2,12-13H2,1H3. The van der Waals surface area contributed by atoms with Crippen molar-refractivity contribution < 1.29 is 9.13 Å². The van der Waals surface area contributed by atoms with E-state index in [1.165, 1.54) is 11.6 Å². The van der Waals surface area contributed by atoms with Gasteiger partial charge in [-0.25, -0.2) is 4.39 Å². The number of benzene rings is 2. The topological polar surface area (TPSA) is 21.3 Å². The van der Waals surface area contributed by atoms with Gasteiger partial charge in [0, 0.05) is 5.56 Å². The molecule has 0 aromatic heterocycles. The quantitative estimate of drug-likeness (QED) is 0.830. The number of likely N-dealkylation sites (N-methyl/N-ethyl adjacent to an activating group) is 1. The second-order valence-electron chi connectivity index (χ2n) is 4.63. The number of hydrogen-bond acceptors (Lipinski definition) is 2. The fourth-order valence-corrected chi connectivity index (χ4v) is 2.11. The Kier molecular flexibility index (Phi) is 5.71. The van der Waals surface area contributed by atoms with Gasteiger partial charge in [-0.2, -0.15) is 0 Å². The lowest BCUT2D eigenvalue weighted by Crippen LogP contribution is -2.25. The van der Waals surface area contributed by atoms with Gasteiger partial charge < -0.3 is 10.1 Å². The SMILES string of the molecule is CCNC(COCc1ccccc1F)c1ccccc1. The molecule has 20 heavy (non-hydrogen) atoms. The van der Waals surface area contributed by atoms with Gasteiger partial charge in [-0.05, 0) is 18.2 Å². The predicted molar refractivity (Wildman–Crippen MR) is 78.9 cm³/mol. The van der Waals surface area contributed by atoms with Crippen molar-refractivity contribution >= 4 is 0 Å². The zero-order chi connectivity index (χ0) is 14.2. The summed E-state index contributed by atoms with van der Waals surface area (Å²) in [5, 5.41) is 3.38. The van der Waals surface area contributed by atoms with Crippen molar-refractivity contribution in [2.24, 2.45) is 0 Å². The summed E-state index contributed by atoms with van der Waals surface area (Å²) in [5.74, 6) is -0.216. The molecule has 1 unspecified atom stereocenters. The van der Waals surface area contributed by atoms with E-state index >= 15 is 0 Å². The summed E-state index contributed by atoms with van der Waals surface area (Å²) in [5.41, 5.74) is 1.78. The van der Waals surface area contributed by atoms with Crippen LogP contribution in [0.1, 0.15) is 24.1 Å². The average Bonchev–Trinajstić information content (AvgIpc) is 2.49. The predicted octanol–water partition coefficient (Wildman–Crippen LogP) is 3.69. The Morgan fingerprint density at radius 2 is 1.75 bits per heavy atom. The second kappa shape index (κ2) is 7.78. The summed E-state index contributed by atoms with van der Waals surface area (Å²) < 4.78 is 19.2. The van der Waals surface area contributed by atoms with E-state index in [1.54, 1.807) is 12.1 Å². The van der Waals surface area contributed by atoms with Gasteiger partial charge in [0.05, 0.1) is 19.3 Å². The highest BCUT2D eigenvalue weighted by atomic mass is 19.1. The Labute approximate surface area is 119 Å². The van der Waals surface area contributed by atoms with Gasteiger partial charge in [0.15, 0.2) is 0 Å². The molecule has 0 heterocycles. The number of rotatable bonds is 7. The first-order valence-electron chi connectivity index (χ1n) is 6.90. The molecular weight excluding hydrogens is 253 g/mol. The molecule has 1 N–H and O–H groups in total. The van der Waals surface area contributed by atoms with Crippen LogP contribution in [0, 0.1) is 5.82 Å². The third-order valence-electron chi connectivity index (χ3n) is 3.15. The van der Waals surface area contributed by atoms with E-state index in [2.05, 4.69) is 24.4 Å². The average molecular weight is 273 g/mol. The maximum atomic E-state index is 13.5. The van der Waals surface area contributed by atoms with Crippen LogP contribution in [0.15, 0.2) is 54.6 Å². The molecule has 2 rings (SSSR count). The number of hydrogen-bond donors (Lipinski definition) is 1. The van der Waals surface area contributed by atoms with Gasteiger partial charge in [0.1, 0.15) is 5.82 Å². The third-order valence-corrected chi connectivity index (χ3v) is 3.15. The Morgan fingerprint density at radius 3 is 2.45 bits per heavy atom. The molecular formula is C17H20FNO. The van der Waals surface area contributed by atoms with E-state index in [-0.39, 0.29) is 11.9 Å². The van der Waals surface area contributed by atoms with Crippen molar-refractivity contribution in [3.05, 3.63) is 71.5 Å². The van der Waals surface area contributed by atoms with E-state index in [1.807, 2.05) is 24.3 Å². The Balaban J connectivity index is 1.92. The molecule has 106 valence electrons. The van der Waals surface area contributed by atoms with Crippen LogP contribution in [-0.4, -0.2) is 13.2 Å². The lowest BCUT2D eigenvalue weighted by Gasteiger charge is -2.18. The summed E-state index contributed by atoms with van der Waals surface area (Å²) in [6, 6.07) is 17.0. The molecule has 3 heteroatoms. The molecule has 0 saturated carbocycles. The molecule has 0 radical (unpaired) electrons. The molecule has 2 nitrogen and oxygen atoms in total. The zero-order valence-corrected chi connectivity index (χ0v) is 11.7. The van der Waals surface area contributed by atoms with Crippen LogP contribution >= 0.6 is 0 Å². The molecule has 0 fully saturated rings. The Bertz CT molecular complexity index is 515.